The van der Waals surface area contributed by atoms with Crippen molar-refractivity contribution in [2.24, 2.45) is 0 Å². The van der Waals surface area contributed by atoms with Crippen LogP contribution in [-0.2, 0) is 4.79 Å². The minimum atomic E-state index is 0.0673. The number of carbonyl (C=O) groups is 1. The topological polar surface area (TPSA) is 29.1 Å². The van der Waals surface area contributed by atoms with Crippen LogP contribution in [0.1, 0.15) is 84.6 Å². The molecule has 0 radical (unpaired) electrons. The Morgan fingerprint density at radius 2 is 1.42 bits per heavy atom. The summed E-state index contributed by atoms with van der Waals surface area (Å²) in [5, 5.41) is 3.12. The number of carbonyl (C=O) groups excluding carboxylic acids is 1. The van der Waals surface area contributed by atoms with Gasteiger partial charge in [0.2, 0.25) is 0 Å². The highest BCUT2D eigenvalue weighted by atomic mass is 16.1. The number of aryl methyl sites for hydroxylation is 1. The lowest BCUT2D eigenvalue weighted by atomic mass is 9.89. The first-order chi connectivity index (χ1) is 12.6. The first kappa shape index (κ1) is 22.2. The van der Waals surface area contributed by atoms with Crippen LogP contribution in [-0.4, -0.2) is 5.91 Å². The van der Waals surface area contributed by atoms with Gasteiger partial charge >= 0.3 is 0 Å². The van der Waals surface area contributed by atoms with Gasteiger partial charge in [0.05, 0.1) is 0 Å². The minimum Gasteiger partial charge on any atom is -0.322 e. The maximum atomic E-state index is 13.1. The Morgan fingerprint density at radius 1 is 0.846 bits per heavy atom. The molecule has 1 amide bonds. The number of anilines is 1. The maximum Gasteiger partial charge on any atom is 0.251 e. The zero-order chi connectivity index (χ0) is 19.4. The molecule has 1 aromatic rings. The monoisotopic (exact) mass is 355 g/mol. The van der Waals surface area contributed by atoms with Crippen molar-refractivity contribution in [3.8, 4) is 0 Å². The molecule has 1 N–H and O–H groups in total. The summed E-state index contributed by atoms with van der Waals surface area (Å²) in [6.45, 7) is 10.8. The average Bonchev–Trinajstić information content (AvgIpc) is 2.63. The largest absolute Gasteiger partial charge is 0.322 e. The van der Waals surface area contributed by atoms with Gasteiger partial charge in [-0.2, -0.15) is 0 Å². The fraction of sp³-hybridized carbons (Fsp3) is 0.542. The van der Waals surface area contributed by atoms with Crippen LogP contribution in [0.5, 0.6) is 0 Å². The van der Waals surface area contributed by atoms with Crippen molar-refractivity contribution in [3.63, 3.8) is 0 Å². The van der Waals surface area contributed by atoms with E-state index >= 15 is 0 Å². The van der Waals surface area contributed by atoms with E-state index in [1.54, 1.807) is 0 Å². The van der Waals surface area contributed by atoms with Gasteiger partial charge < -0.3 is 5.32 Å². The van der Waals surface area contributed by atoms with Crippen molar-refractivity contribution in [1.29, 1.82) is 0 Å². The number of nitrogens with one attached hydrogen (secondary N) is 1. The summed E-state index contributed by atoms with van der Waals surface area (Å²) in [6, 6.07) is 8.04. The molecule has 0 heterocycles. The molecular formula is C24H37NO. The highest BCUT2D eigenvalue weighted by Crippen LogP contribution is 2.28. The minimum absolute atomic E-state index is 0.0673. The third-order valence-electron chi connectivity index (χ3n) is 4.53. The molecule has 0 aromatic heterocycles. The van der Waals surface area contributed by atoms with Crippen LogP contribution in [0.3, 0.4) is 0 Å². The van der Waals surface area contributed by atoms with E-state index in [9.17, 15) is 4.79 Å². The number of benzene rings is 1. The van der Waals surface area contributed by atoms with Gasteiger partial charge in [-0.3, -0.25) is 4.79 Å². The molecule has 0 fully saturated rings. The van der Waals surface area contributed by atoms with E-state index in [0.717, 1.165) is 62.6 Å². The molecule has 1 aromatic carbocycles. The molecule has 144 valence electrons. The highest BCUT2D eigenvalue weighted by Gasteiger charge is 2.17. The van der Waals surface area contributed by atoms with Crippen LogP contribution in [0.15, 0.2) is 47.1 Å². The van der Waals surface area contributed by atoms with Crippen molar-refractivity contribution >= 4 is 11.6 Å². The maximum absolute atomic E-state index is 13.1. The fourth-order valence-corrected chi connectivity index (χ4v) is 3.21. The second-order valence-corrected chi connectivity index (χ2v) is 7.05. The predicted molar refractivity (Wildman–Crippen MR) is 115 cm³/mol. The number of hydrogen-bond acceptors (Lipinski definition) is 1. The SMILES string of the molecule is CCC/C=C(CCC)/C(CCC)=C(/CCC)C(=O)Nc1ccc(C)cc1. The summed E-state index contributed by atoms with van der Waals surface area (Å²) in [7, 11) is 0. The summed E-state index contributed by atoms with van der Waals surface area (Å²) >= 11 is 0. The number of hydrogen-bond donors (Lipinski definition) is 1. The molecule has 0 spiro atoms. The summed E-state index contributed by atoms with van der Waals surface area (Å²) in [5.74, 6) is 0.0673. The van der Waals surface area contributed by atoms with Crippen molar-refractivity contribution in [2.45, 2.75) is 86.0 Å². The first-order valence-corrected chi connectivity index (χ1v) is 10.4. The van der Waals surface area contributed by atoms with Gasteiger partial charge in [-0.15, -0.1) is 0 Å². The zero-order valence-electron chi connectivity index (χ0n) is 17.5. The van der Waals surface area contributed by atoms with Crippen LogP contribution in [0.25, 0.3) is 0 Å². The standard InChI is InChI=1S/C24H37NO/c1-6-10-14-20(11-7-2)22(12-8-3)23(13-9-4)24(26)25-21-17-15-19(5)16-18-21/h14-18H,6-13H2,1-5H3,(H,25,26)/b20-14+,23-22-. The molecule has 0 aliphatic rings. The summed E-state index contributed by atoms with van der Waals surface area (Å²) in [4.78, 5) is 13.1. The highest BCUT2D eigenvalue weighted by molar-refractivity contribution is 6.04. The van der Waals surface area contributed by atoms with Crippen LogP contribution in [0.4, 0.5) is 5.69 Å². The van der Waals surface area contributed by atoms with Gasteiger partial charge in [-0.1, -0.05) is 77.2 Å². The Bertz CT molecular complexity index is 608. The lowest BCUT2D eigenvalue weighted by molar-refractivity contribution is -0.113. The van der Waals surface area contributed by atoms with Crippen molar-refractivity contribution in [1.82, 2.24) is 0 Å². The van der Waals surface area contributed by atoms with Gasteiger partial charge in [0.1, 0.15) is 0 Å². The molecule has 0 atom stereocenters. The van der Waals surface area contributed by atoms with Gasteiger partial charge in [-0.25, -0.2) is 0 Å². The Labute approximate surface area is 160 Å². The summed E-state index contributed by atoms with van der Waals surface area (Å²) in [6.07, 6.45) is 10.6. The molecule has 2 nitrogen and oxygen atoms in total. The number of allylic oxidation sites excluding steroid dienone is 3. The van der Waals surface area contributed by atoms with Crippen LogP contribution in [0.2, 0.25) is 0 Å². The molecule has 0 saturated carbocycles. The summed E-state index contributed by atoms with van der Waals surface area (Å²) < 4.78 is 0. The second kappa shape index (κ2) is 12.5. The Morgan fingerprint density at radius 3 is 1.96 bits per heavy atom. The van der Waals surface area contributed by atoms with Gasteiger partial charge in [-0.05, 0) is 55.9 Å². The van der Waals surface area contributed by atoms with E-state index in [4.69, 9.17) is 0 Å². The van der Waals surface area contributed by atoms with E-state index in [-0.39, 0.29) is 5.91 Å². The number of unbranched alkanes of at least 4 members (excludes halogenated alkanes) is 1. The van der Waals surface area contributed by atoms with Gasteiger partial charge in [0.25, 0.3) is 5.91 Å². The fourth-order valence-electron chi connectivity index (χ4n) is 3.21. The molecule has 0 aliphatic heterocycles. The quantitative estimate of drug-likeness (QED) is 0.326. The Balaban J connectivity index is 3.24. The number of rotatable bonds is 11. The van der Waals surface area contributed by atoms with Crippen LogP contribution < -0.4 is 5.32 Å². The van der Waals surface area contributed by atoms with Crippen LogP contribution >= 0.6 is 0 Å². The van der Waals surface area contributed by atoms with Crippen molar-refractivity contribution in [2.75, 3.05) is 5.32 Å². The smallest absolute Gasteiger partial charge is 0.251 e. The molecule has 26 heavy (non-hydrogen) atoms. The van der Waals surface area contributed by atoms with E-state index in [0.29, 0.717) is 0 Å². The molecule has 0 saturated heterocycles. The molecule has 0 bridgehead atoms. The second-order valence-electron chi connectivity index (χ2n) is 7.05. The molecule has 2 heteroatoms. The van der Waals surface area contributed by atoms with E-state index < -0.39 is 0 Å². The molecule has 0 aliphatic carbocycles. The van der Waals surface area contributed by atoms with E-state index in [2.05, 4.69) is 46.0 Å². The normalized spacial score (nSPS) is 12.7. The Hall–Kier alpha value is -1.83. The van der Waals surface area contributed by atoms with Gasteiger partial charge in [0, 0.05) is 11.3 Å². The molecular weight excluding hydrogens is 318 g/mol. The van der Waals surface area contributed by atoms with Crippen LogP contribution in [0, 0.1) is 6.92 Å². The van der Waals surface area contributed by atoms with Gasteiger partial charge in [0.15, 0.2) is 0 Å². The third-order valence-corrected chi connectivity index (χ3v) is 4.53. The lowest BCUT2D eigenvalue weighted by Gasteiger charge is -2.18. The van der Waals surface area contributed by atoms with Crippen molar-refractivity contribution in [3.05, 3.63) is 52.6 Å². The van der Waals surface area contributed by atoms with E-state index in [1.165, 1.54) is 16.7 Å². The Kier molecular flexibility index (Phi) is 10.7. The zero-order valence-corrected chi connectivity index (χ0v) is 17.5. The predicted octanol–water partition coefficient (Wildman–Crippen LogP) is 7.36. The average molecular weight is 356 g/mol. The number of amides is 1. The molecule has 1 rings (SSSR count). The third kappa shape index (κ3) is 7.19. The lowest BCUT2D eigenvalue weighted by Crippen LogP contribution is -2.17. The molecule has 0 unspecified atom stereocenters. The summed E-state index contributed by atoms with van der Waals surface area (Å²) in [5.41, 5.74) is 5.73. The first-order valence-electron chi connectivity index (χ1n) is 10.4. The van der Waals surface area contributed by atoms with Crippen molar-refractivity contribution < 1.29 is 4.79 Å². The van der Waals surface area contributed by atoms with E-state index in [1.807, 2.05) is 24.3 Å².